The van der Waals surface area contributed by atoms with Crippen LogP contribution in [-0.4, -0.2) is 6.54 Å². The van der Waals surface area contributed by atoms with Gasteiger partial charge >= 0.3 is 0 Å². The largest absolute Gasteiger partial charge is 0.310 e. The third kappa shape index (κ3) is 2.69. The highest BCUT2D eigenvalue weighted by molar-refractivity contribution is 9.11. The number of thiophene rings is 1. The van der Waals surface area contributed by atoms with E-state index in [1.54, 1.807) is 0 Å². The normalized spacial score (nSPS) is 25.8. The van der Waals surface area contributed by atoms with E-state index in [9.17, 15) is 0 Å². The van der Waals surface area contributed by atoms with Gasteiger partial charge in [0, 0.05) is 10.9 Å². The molecule has 90 valence electrons. The highest BCUT2D eigenvalue weighted by Gasteiger charge is 2.40. The first-order chi connectivity index (χ1) is 7.63. The van der Waals surface area contributed by atoms with Crippen molar-refractivity contribution in [2.24, 2.45) is 11.8 Å². The van der Waals surface area contributed by atoms with Crippen molar-refractivity contribution in [3.8, 4) is 0 Å². The van der Waals surface area contributed by atoms with Gasteiger partial charge in [-0.1, -0.05) is 13.8 Å². The average Bonchev–Trinajstić information content (AvgIpc) is 2.84. The average molecular weight is 302 g/mol. The number of hydrogen-bond acceptors (Lipinski definition) is 2. The van der Waals surface area contributed by atoms with E-state index in [-0.39, 0.29) is 0 Å². The molecule has 1 aromatic heterocycles. The summed E-state index contributed by atoms with van der Waals surface area (Å²) in [6, 6.07) is 2.88. The van der Waals surface area contributed by atoms with Crippen LogP contribution < -0.4 is 5.32 Å². The van der Waals surface area contributed by atoms with Gasteiger partial charge in [0.25, 0.3) is 0 Å². The molecule has 16 heavy (non-hydrogen) atoms. The second-order valence-corrected chi connectivity index (χ2v) is 7.51. The van der Waals surface area contributed by atoms with Crippen LogP contribution in [0.4, 0.5) is 0 Å². The monoisotopic (exact) mass is 301 g/mol. The summed E-state index contributed by atoms with van der Waals surface area (Å²) in [4.78, 5) is 1.46. The predicted molar refractivity (Wildman–Crippen MR) is 75.1 cm³/mol. The minimum atomic E-state index is 0.581. The van der Waals surface area contributed by atoms with Crippen LogP contribution in [0.5, 0.6) is 0 Å². The Hall–Kier alpha value is 0.140. The van der Waals surface area contributed by atoms with Crippen LogP contribution in [0.25, 0.3) is 0 Å². The van der Waals surface area contributed by atoms with Gasteiger partial charge in [-0.05, 0) is 65.7 Å². The van der Waals surface area contributed by atoms with E-state index in [0.717, 1.165) is 18.4 Å². The molecule has 1 nitrogen and oxygen atoms in total. The summed E-state index contributed by atoms with van der Waals surface area (Å²) in [6.07, 6.45) is 2.59. The van der Waals surface area contributed by atoms with Crippen molar-refractivity contribution in [2.75, 3.05) is 6.54 Å². The molecule has 1 aliphatic carbocycles. The van der Waals surface area contributed by atoms with Crippen molar-refractivity contribution in [2.45, 2.75) is 39.7 Å². The Kier molecular flexibility index (Phi) is 4.09. The zero-order valence-corrected chi connectivity index (χ0v) is 12.6. The first-order valence-electron chi connectivity index (χ1n) is 6.12. The van der Waals surface area contributed by atoms with Crippen LogP contribution >= 0.6 is 27.3 Å². The maximum atomic E-state index is 3.72. The van der Waals surface area contributed by atoms with E-state index in [1.807, 2.05) is 11.3 Å². The van der Waals surface area contributed by atoms with Crippen molar-refractivity contribution in [1.29, 1.82) is 0 Å². The fraction of sp³-hybridized carbons (Fsp3) is 0.692. The van der Waals surface area contributed by atoms with Gasteiger partial charge in [0.05, 0.1) is 3.79 Å². The topological polar surface area (TPSA) is 12.0 Å². The van der Waals surface area contributed by atoms with Gasteiger partial charge in [0.2, 0.25) is 0 Å². The molecule has 3 atom stereocenters. The maximum Gasteiger partial charge on any atom is 0.0704 e. The van der Waals surface area contributed by atoms with Gasteiger partial charge in [-0.3, -0.25) is 0 Å². The van der Waals surface area contributed by atoms with E-state index in [0.29, 0.717) is 6.04 Å². The van der Waals surface area contributed by atoms with Crippen molar-refractivity contribution >= 4 is 27.3 Å². The van der Waals surface area contributed by atoms with E-state index >= 15 is 0 Å². The van der Waals surface area contributed by atoms with Gasteiger partial charge in [0.1, 0.15) is 0 Å². The summed E-state index contributed by atoms with van der Waals surface area (Å²) in [5, 5.41) is 3.72. The molecule has 3 heteroatoms. The standard InChI is InChI=1S/C13H20BrNS/c1-4-5-15-13(10-6-8(10)2)11-7-12(14)16-9(11)3/h7-8,10,13,15H,4-6H2,1-3H3. The molecular formula is C13H20BrNS. The van der Waals surface area contributed by atoms with Crippen LogP contribution in [0, 0.1) is 18.8 Å². The molecule has 0 aliphatic heterocycles. The number of aryl methyl sites for hydroxylation is 1. The maximum absolute atomic E-state index is 3.72. The van der Waals surface area contributed by atoms with E-state index in [1.165, 1.54) is 27.1 Å². The van der Waals surface area contributed by atoms with Gasteiger partial charge < -0.3 is 5.32 Å². The Morgan fingerprint density at radius 3 is 2.75 bits per heavy atom. The molecule has 0 saturated heterocycles. The van der Waals surface area contributed by atoms with E-state index < -0.39 is 0 Å². The van der Waals surface area contributed by atoms with Crippen LogP contribution in [0.3, 0.4) is 0 Å². The van der Waals surface area contributed by atoms with Crippen LogP contribution in [0.2, 0.25) is 0 Å². The SMILES string of the molecule is CCCNC(c1cc(Br)sc1C)C1CC1C. The van der Waals surface area contributed by atoms with E-state index in [4.69, 9.17) is 0 Å². The quantitative estimate of drug-likeness (QED) is 0.843. The summed E-state index contributed by atoms with van der Waals surface area (Å²) in [6.45, 7) is 7.96. The van der Waals surface area contributed by atoms with Gasteiger partial charge in [-0.15, -0.1) is 11.3 Å². The van der Waals surface area contributed by atoms with E-state index in [2.05, 4.69) is 48.1 Å². The molecule has 1 aliphatic rings. The third-order valence-electron chi connectivity index (χ3n) is 3.48. The lowest BCUT2D eigenvalue weighted by Gasteiger charge is -2.18. The van der Waals surface area contributed by atoms with Crippen molar-refractivity contribution in [3.63, 3.8) is 0 Å². The lowest BCUT2D eigenvalue weighted by atomic mass is 10.0. The minimum Gasteiger partial charge on any atom is -0.310 e. The Bertz CT molecular complexity index is 361. The summed E-state index contributed by atoms with van der Waals surface area (Å²) in [7, 11) is 0. The third-order valence-corrected chi connectivity index (χ3v) is 5.04. The molecule has 0 aromatic carbocycles. The summed E-state index contributed by atoms with van der Waals surface area (Å²) < 4.78 is 1.26. The number of hydrogen-bond donors (Lipinski definition) is 1. The van der Waals surface area contributed by atoms with Crippen LogP contribution in [0.15, 0.2) is 9.85 Å². The molecule has 0 bridgehead atoms. The summed E-state index contributed by atoms with van der Waals surface area (Å²) in [5.74, 6) is 1.75. The Balaban J connectivity index is 2.14. The molecular weight excluding hydrogens is 282 g/mol. The van der Waals surface area contributed by atoms with Crippen molar-refractivity contribution in [1.82, 2.24) is 5.32 Å². The lowest BCUT2D eigenvalue weighted by molar-refractivity contribution is 0.462. The fourth-order valence-corrected chi connectivity index (χ4v) is 4.13. The van der Waals surface area contributed by atoms with Gasteiger partial charge in [0.15, 0.2) is 0 Å². The zero-order chi connectivity index (χ0) is 11.7. The van der Waals surface area contributed by atoms with Crippen molar-refractivity contribution < 1.29 is 0 Å². The Morgan fingerprint density at radius 2 is 2.31 bits per heavy atom. The molecule has 1 heterocycles. The summed E-state index contributed by atoms with van der Waals surface area (Å²) >= 11 is 5.45. The first kappa shape index (κ1) is 12.6. The van der Waals surface area contributed by atoms with Crippen LogP contribution in [0.1, 0.15) is 43.2 Å². The molecule has 0 amide bonds. The highest BCUT2D eigenvalue weighted by atomic mass is 79.9. The smallest absolute Gasteiger partial charge is 0.0704 e. The number of nitrogens with one attached hydrogen (secondary N) is 1. The second kappa shape index (κ2) is 5.19. The molecule has 1 saturated carbocycles. The minimum absolute atomic E-state index is 0.581. The van der Waals surface area contributed by atoms with Crippen LogP contribution in [-0.2, 0) is 0 Å². The first-order valence-corrected chi connectivity index (χ1v) is 7.73. The molecule has 0 radical (unpaired) electrons. The molecule has 1 N–H and O–H groups in total. The lowest BCUT2D eigenvalue weighted by Crippen LogP contribution is -2.24. The Labute approximate surface area is 111 Å². The predicted octanol–water partition coefficient (Wildman–Crippen LogP) is 4.52. The fourth-order valence-electron chi connectivity index (χ4n) is 2.37. The molecule has 1 aromatic rings. The highest BCUT2D eigenvalue weighted by Crippen LogP contribution is 2.48. The molecule has 3 unspecified atom stereocenters. The van der Waals surface area contributed by atoms with Gasteiger partial charge in [-0.2, -0.15) is 0 Å². The zero-order valence-electron chi connectivity index (χ0n) is 10.2. The Morgan fingerprint density at radius 1 is 1.62 bits per heavy atom. The van der Waals surface area contributed by atoms with Gasteiger partial charge in [-0.25, -0.2) is 0 Å². The molecule has 2 rings (SSSR count). The molecule has 1 fully saturated rings. The number of halogens is 1. The van der Waals surface area contributed by atoms with Crippen molar-refractivity contribution in [3.05, 3.63) is 20.3 Å². The number of rotatable bonds is 5. The second-order valence-electron chi connectivity index (χ2n) is 4.87. The molecule has 0 spiro atoms. The summed E-state index contributed by atoms with van der Waals surface area (Å²) in [5.41, 5.74) is 1.51.